The Morgan fingerprint density at radius 1 is 1.07 bits per heavy atom. The fourth-order valence-electron chi connectivity index (χ4n) is 3.17. The van der Waals surface area contributed by atoms with Crippen LogP contribution in [0.15, 0.2) is 48.5 Å². The highest BCUT2D eigenvalue weighted by Crippen LogP contribution is 2.31. The summed E-state index contributed by atoms with van der Waals surface area (Å²) in [5.74, 6) is -0.379. The molecule has 1 atom stereocenters. The molecule has 0 aromatic heterocycles. The molecule has 3 rings (SSSR count). The van der Waals surface area contributed by atoms with Gasteiger partial charge in [-0.2, -0.15) is 0 Å². The number of urea groups is 1. The van der Waals surface area contributed by atoms with Crippen molar-refractivity contribution in [1.82, 2.24) is 4.90 Å². The molecule has 0 saturated carbocycles. The smallest absolute Gasteiger partial charge is 0.307 e. The Morgan fingerprint density at radius 2 is 1.67 bits per heavy atom. The highest BCUT2D eigenvalue weighted by Gasteiger charge is 2.47. The maximum atomic E-state index is 13.0. The lowest BCUT2D eigenvalue weighted by atomic mass is 10.0. The third kappa shape index (κ3) is 3.64. The molecule has 3 amide bonds. The van der Waals surface area contributed by atoms with Crippen molar-refractivity contribution in [3.05, 3.63) is 69.2 Å². The van der Waals surface area contributed by atoms with Crippen LogP contribution in [0.25, 0.3) is 0 Å². The van der Waals surface area contributed by atoms with Crippen molar-refractivity contribution in [2.45, 2.75) is 26.4 Å². The van der Waals surface area contributed by atoms with Crippen molar-refractivity contribution in [1.29, 1.82) is 0 Å². The van der Waals surface area contributed by atoms with E-state index in [9.17, 15) is 19.7 Å². The summed E-state index contributed by atoms with van der Waals surface area (Å²) in [6.07, 6.45) is 0. The van der Waals surface area contributed by atoms with Crippen molar-refractivity contribution in [3.63, 3.8) is 0 Å². The molecule has 27 heavy (non-hydrogen) atoms. The lowest BCUT2D eigenvalue weighted by Gasteiger charge is -2.24. The molecule has 0 radical (unpaired) electrons. The highest BCUT2D eigenvalue weighted by molar-refractivity contribution is 6.30. The minimum absolute atomic E-state index is 0.0224. The Balaban J connectivity index is 1.90. The van der Waals surface area contributed by atoms with Crippen LogP contribution in [-0.2, 0) is 11.3 Å². The van der Waals surface area contributed by atoms with E-state index in [1.54, 1.807) is 36.4 Å². The molecular weight excluding hydrogens is 370 g/mol. The summed E-state index contributed by atoms with van der Waals surface area (Å²) in [6.45, 7) is 3.95. The average Bonchev–Trinajstić information content (AvgIpc) is 2.87. The molecule has 1 aliphatic rings. The van der Waals surface area contributed by atoms with Crippen molar-refractivity contribution in [3.8, 4) is 0 Å². The number of carbonyl (C=O) groups is 2. The van der Waals surface area contributed by atoms with Gasteiger partial charge in [0.05, 0.1) is 10.6 Å². The second-order valence-corrected chi connectivity index (χ2v) is 7.11. The van der Waals surface area contributed by atoms with E-state index in [-0.39, 0.29) is 24.1 Å². The maximum absolute atomic E-state index is 13.0. The lowest BCUT2D eigenvalue weighted by molar-refractivity contribution is -0.384. The lowest BCUT2D eigenvalue weighted by Crippen LogP contribution is -2.38. The van der Waals surface area contributed by atoms with Gasteiger partial charge in [0.1, 0.15) is 6.04 Å². The number of hydrogen-bond acceptors (Lipinski definition) is 4. The van der Waals surface area contributed by atoms with Crippen LogP contribution in [0.4, 0.5) is 16.2 Å². The minimum Gasteiger partial charge on any atom is -0.307 e. The SMILES string of the molecule is CC(C)[C@H]1C(=O)N(c2ccc(Cl)cc2)C(=O)N1Cc1ccc([N+](=O)[O-])cc1. The predicted octanol–water partition coefficient (Wildman–Crippen LogP) is 4.24. The largest absolute Gasteiger partial charge is 0.332 e. The first-order chi connectivity index (χ1) is 12.8. The quantitative estimate of drug-likeness (QED) is 0.436. The van der Waals surface area contributed by atoms with Gasteiger partial charge in [0.2, 0.25) is 0 Å². The number of imide groups is 1. The fourth-order valence-corrected chi connectivity index (χ4v) is 3.29. The zero-order chi connectivity index (χ0) is 19.7. The summed E-state index contributed by atoms with van der Waals surface area (Å²) in [5.41, 5.74) is 1.15. The van der Waals surface area contributed by atoms with E-state index in [1.165, 1.54) is 17.0 Å². The first kappa shape index (κ1) is 18.8. The van der Waals surface area contributed by atoms with Crippen LogP contribution in [0.1, 0.15) is 19.4 Å². The number of non-ortho nitro benzene ring substituents is 1. The van der Waals surface area contributed by atoms with Gasteiger partial charge in [0, 0.05) is 23.7 Å². The molecule has 8 heteroatoms. The average molecular weight is 388 g/mol. The molecule has 0 unspecified atom stereocenters. The summed E-state index contributed by atoms with van der Waals surface area (Å²) < 4.78 is 0. The van der Waals surface area contributed by atoms with E-state index < -0.39 is 17.0 Å². The minimum atomic E-state index is -0.608. The van der Waals surface area contributed by atoms with E-state index in [4.69, 9.17) is 11.6 Å². The Labute approximate surface area is 161 Å². The predicted molar refractivity (Wildman–Crippen MR) is 102 cm³/mol. The van der Waals surface area contributed by atoms with Gasteiger partial charge in [-0.3, -0.25) is 14.9 Å². The molecule has 0 bridgehead atoms. The van der Waals surface area contributed by atoms with Crippen LogP contribution in [0.5, 0.6) is 0 Å². The number of nitro groups is 1. The van der Waals surface area contributed by atoms with Gasteiger partial charge in [-0.25, -0.2) is 9.69 Å². The normalized spacial score (nSPS) is 17.1. The zero-order valence-electron chi connectivity index (χ0n) is 14.8. The highest BCUT2D eigenvalue weighted by atomic mass is 35.5. The number of benzene rings is 2. The molecule has 2 aromatic carbocycles. The summed E-state index contributed by atoms with van der Waals surface area (Å²) in [7, 11) is 0. The number of nitro benzene ring substituents is 1. The summed E-state index contributed by atoms with van der Waals surface area (Å²) >= 11 is 5.89. The Bertz CT molecular complexity index is 881. The number of anilines is 1. The Morgan fingerprint density at radius 3 is 2.19 bits per heavy atom. The van der Waals surface area contributed by atoms with Crippen LogP contribution in [-0.4, -0.2) is 27.8 Å². The van der Waals surface area contributed by atoms with E-state index >= 15 is 0 Å². The zero-order valence-corrected chi connectivity index (χ0v) is 15.6. The molecule has 1 fully saturated rings. The molecule has 7 nitrogen and oxygen atoms in total. The molecule has 2 aromatic rings. The molecule has 0 aliphatic carbocycles. The van der Waals surface area contributed by atoms with Crippen LogP contribution in [0.3, 0.4) is 0 Å². The van der Waals surface area contributed by atoms with E-state index in [2.05, 4.69) is 0 Å². The monoisotopic (exact) mass is 387 g/mol. The summed E-state index contributed by atoms with van der Waals surface area (Å²) in [4.78, 5) is 38.9. The standard InChI is InChI=1S/C19H18ClN3O4/c1-12(2)17-18(24)22(15-9-5-14(20)6-10-15)19(25)21(17)11-13-3-7-16(8-4-13)23(26)27/h3-10,12,17H,11H2,1-2H3/t17-/m0/s1. The van der Waals surface area contributed by atoms with Gasteiger partial charge >= 0.3 is 6.03 Å². The van der Waals surface area contributed by atoms with Crippen LogP contribution < -0.4 is 4.90 Å². The second-order valence-electron chi connectivity index (χ2n) is 6.67. The summed E-state index contributed by atoms with van der Waals surface area (Å²) in [5, 5.41) is 11.3. The topological polar surface area (TPSA) is 83.8 Å². The number of nitrogens with zero attached hydrogens (tertiary/aromatic N) is 3. The van der Waals surface area contributed by atoms with Crippen molar-refractivity contribution < 1.29 is 14.5 Å². The molecule has 1 aliphatic heterocycles. The van der Waals surface area contributed by atoms with Gasteiger partial charge in [0.25, 0.3) is 11.6 Å². The molecule has 1 heterocycles. The fraction of sp³-hybridized carbons (Fsp3) is 0.263. The molecule has 1 saturated heterocycles. The summed E-state index contributed by atoms with van der Waals surface area (Å²) in [6, 6.07) is 11.5. The van der Waals surface area contributed by atoms with Crippen LogP contribution >= 0.6 is 11.6 Å². The number of rotatable bonds is 5. The van der Waals surface area contributed by atoms with Gasteiger partial charge in [0.15, 0.2) is 0 Å². The van der Waals surface area contributed by atoms with Crippen molar-refractivity contribution in [2.75, 3.05) is 4.90 Å². The van der Waals surface area contributed by atoms with Crippen LogP contribution in [0.2, 0.25) is 5.02 Å². The Kier molecular flexibility index (Phi) is 5.14. The molecule has 140 valence electrons. The third-order valence-electron chi connectivity index (χ3n) is 4.46. The maximum Gasteiger partial charge on any atom is 0.332 e. The van der Waals surface area contributed by atoms with Gasteiger partial charge < -0.3 is 4.90 Å². The first-order valence-electron chi connectivity index (χ1n) is 8.43. The Hall–Kier alpha value is -2.93. The van der Waals surface area contributed by atoms with E-state index in [0.29, 0.717) is 16.3 Å². The second kappa shape index (κ2) is 7.36. The number of carbonyl (C=O) groups excluding carboxylic acids is 2. The third-order valence-corrected chi connectivity index (χ3v) is 4.71. The van der Waals surface area contributed by atoms with Crippen molar-refractivity contribution >= 4 is 34.9 Å². The van der Waals surface area contributed by atoms with Gasteiger partial charge in [-0.15, -0.1) is 0 Å². The van der Waals surface area contributed by atoms with Crippen molar-refractivity contribution in [2.24, 2.45) is 5.92 Å². The molecule has 0 N–H and O–H groups in total. The first-order valence-corrected chi connectivity index (χ1v) is 8.81. The van der Waals surface area contributed by atoms with Crippen LogP contribution in [0, 0.1) is 16.0 Å². The van der Waals surface area contributed by atoms with Gasteiger partial charge in [-0.05, 0) is 35.7 Å². The van der Waals surface area contributed by atoms with E-state index in [1.807, 2.05) is 13.8 Å². The number of halogens is 1. The van der Waals surface area contributed by atoms with Gasteiger partial charge in [-0.1, -0.05) is 37.6 Å². The molecule has 0 spiro atoms. The number of amides is 3. The number of hydrogen-bond donors (Lipinski definition) is 0. The van der Waals surface area contributed by atoms with E-state index in [0.717, 1.165) is 4.90 Å². The molecular formula is C19H18ClN3O4.